The van der Waals surface area contributed by atoms with Crippen LogP contribution in [-0.2, 0) is 0 Å². The lowest BCUT2D eigenvalue weighted by molar-refractivity contribution is 0.0683. The first kappa shape index (κ1) is 16.9. The molecule has 24 heavy (non-hydrogen) atoms. The van der Waals surface area contributed by atoms with Gasteiger partial charge in [-0.3, -0.25) is 14.6 Å². The van der Waals surface area contributed by atoms with Crippen LogP contribution < -0.4 is 5.32 Å². The van der Waals surface area contributed by atoms with Crippen molar-refractivity contribution >= 4 is 11.8 Å². The summed E-state index contributed by atoms with van der Waals surface area (Å²) in [5.41, 5.74) is 0.907. The molecular weight excluding hydrogens is 302 g/mol. The number of amides is 2. The summed E-state index contributed by atoms with van der Waals surface area (Å²) in [6.45, 7) is 3.77. The Morgan fingerprint density at radius 1 is 1.17 bits per heavy atom. The molecule has 130 valence electrons. The van der Waals surface area contributed by atoms with Crippen LogP contribution >= 0.6 is 0 Å². The van der Waals surface area contributed by atoms with E-state index in [1.54, 1.807) is 18.3 Å². The third kappa shape index (κ3) is 4.13. The summed E-state index contributed by atoms with van der Waals surface area (Å²) in [5.74, 6) is 0.387. The lowest BCUT2D eigenvalue weighted by Gasteiger charge is -2.31. The molecule has 1 unspecified atom stereocenters. The maximum Gasteiger partial charge on any atom is 0.270 e. The minimum atomic E-state index is -0.163. The van der Waals surface area contributed by atoms with Crippen LogP contribution in [0.5, 0.6) is 0 Å². The predicted octanol–water partition coefficient (Wildman–Crippen LogP) is 3.02. The number of aromatic nitrogens is 1. The van der Waals surface area contributed by atoms with Gasteiger partial charge in [0.25, 0.3) is 11.8 Å². The van der Waals surface area contributed by atoms with Crippen molar-refractivity contribution in [3.8, 4) is 0 Å². The maximum absolute atomic E-state index is 12.7. The van der Waals surface area contributed by atoms with E-state index in [1.807, 2.05) is 4.90 Å². The number of piperidine rings is 1. The molecule has 1 aliphatic heterocycles. The Morgan fingerprint density at radius 3 is 2.71 bits per heavy atom. The average molecular weight is 329 g/mol. The van der Waals surface area contributed by atoms with E-state index < -0.39 is 0 Å². The van der Waals surface area contributed by atoms with Gasteiger partial charge in [-0.05, 0) is 43.7 Å². The van der Waals surface area contributed by atoms with E-state index >= 15 is 0 Å². The van der Waals surface area contributed by atoms with Gasteiger partial charge in [0.05, 0.1) is 0 Å². The number of carbonyl (C=O) groups is 2. The van der Waals surface area contributed by atoms with E-state index in [4.69, 9.17) is 0 Å². The second kappa shape index (κ2) is 7.77. The number of likely N-dealkylation sites (tertiary alicyclic amines) is 1. The fourth-order valence-corrected chi connectivity index (χ4v) is 3.75. The lowest BCUT2D eigenvalue weighted by Crippen LogP contribution is -2.39. The molecule has 0 bridgehead atoms. The minimum Gasteiger partial charge on any atom is -0.348 e. The molecule has 2 heterocycles. The first-order chi connectivity index (χ1) is 11.6. The van der Waals surface area contributed by atoms with Crippen LogP contribution in [0.1, 0.15) is 72.7 Å². The molecule has 2 amide bonds. The third-order valence-electron chi connectivity index (χ3n) is 5.12. The van der Waals surface area contributed by atoms with Gasteiger partial charge in [-0.1, -0.05) is 26.2 Å². The SMILES string of the molecule is CC1CCCN(C(=O)c2ccnc(C(=O)NC3CCCCC3)c2)C1. The third-order valence-corrected chi connectivity index (χ3v) is 5.12. The van der Waals surface area contributed by atoms with Gasteiger partial charge in [0.2, 0.25) is 0 Å². The van der Waals surface area contributed by atoms with E-state index in [1.165, 1.54) is 25.7 Å². The summed E-state index contributed by atoms with van der Waals surface area (Å²) >= 11 is 0. The number of nitrogens with zero attached hydrogens (tertiary/aromatic N) is 2. The fraction of sp³-hybridized carbons (Fsp3) is 0.632. The molecule has 2 aliphatic rings. The van der Waals surface area contributed by atoms with Crippen LogP contribution in [0.3, 0.4) is 0 Å². The molecule has 1 saturated carbocycles. The maximum atomic E-state index is 12.7. The van der Waals surface area contributed by atoms with Gasteiger partial charge in [-0.2, -0.15) is 0 Å². The molecule has 3 rings (SSSR count). The van der Waals surface area contributed by atoms with Crippen LogP contribution in [0.4, 0.5) is 0 Å². The summed E-state index contributed by atoms with van der Waals surface area (Å²) in [7, 11) is 0. The monoisotopic (exact) mass is 329 g/mol. The smallest absolute Gasteiger partial charge is 0.270 e. The predicted molar refractivity (Wildman–Crippen MR) is 92.9 cm³/mol. The van der Waals surface area contributed by atoms with Crippen LogP contribution in [0.15, 0.2) is 18.3 Å². The van der Waals surface area contributed by atoms with Crippen molar-refractivity contribution in [3.63, 3.8) is 0 Å². The zero-order valence-corrected chi connectivity index (χ0v) is 14.5. The number of nitrogens with one attached hydrogen (secondary N) is 1. The number of hydrogen-bond acceptors (Lipinski definition) is 3. The Morgan fingerprint density at radius 2 is 1.96 bits per heavy atom. The van der Waals surface area contributed by atoms with E-state index in [0.717, 1.165) is 32.4 Å². The van der Waals surface area contributed by atoms with Crippen LogP contribution in [-0.4, -0.2) is 40.8 Å². The number of pyridine rings is 1. The van der Waals surface area contributed by atoms with Gasteiger partial charge in [0, 0.05) is 30.9 Å². The van der Waals surface area contributed by atoms with Crippen molar-refractivity contribution in [1.82, 2.24) is 15.2 Å². The molecule has 1 aromatic heterocycles. The molecule has 0 aromatic carbocycles. The van der Waals surface area contributed by atoms with Crippen molar-refractivity contribution in [2.75, 3.05) is 13.1 Å². The topological polar surface area (TPSA) is 62.3 Å². The van der Waals surface area contributed by atoms with Gasteiger partial charge in [-0.15, -0.1) is 0 Å². The Balaban J connectivity index is 1.66. The molecule has 1 saturated heterocycles. The highest BCUT2D eigenvalue weighted by Crippen LogP contribution is 2.19. The summed E-state index contributed by atoms with van der Waals surface area (Å²) in [6, 6.07) is 3.59. The number of hydrogen-bond donors (Lipinski definition) is 1. The lowest BCUT2D eigenvalue weighted by atomic mass is 9.95. The highest BCUT2D eigenvalue weighted by atomic mass is 16.2. The van der Waals surface area contributed by atoms with Gasteiger partial charge < -0.3 is 10.2 Å². The second-order valence-corrected chi connectivity index (χ2v) is 7.24. The zero-order valence-electron chi connectivity index (χ0n) is 14.5. The van der Waals surface area contributed by atoms with Gasteiger partial charge in [0.1, 0.15) is 5.69 Å². The standard InChI is InChI=1S/C19H27N3O2/c1-14-6-5-11-22(13-14)19(24)15-9-10-20-17(12-15)18(23)21-16-7-3-2-4-8-16/h9-10,12,14,16H,2-8,11,13H2,1H3,(H,21,23). The normalized spacial score (nSPS) is 22.2. The molecular formula is C19H27N3O2. The second-order valence-electron chi connectivity index (χ2n) is 7.24. The Labute approximate surface area is 143 Å². The van der Waals surface area contributed by atoms with Crippen LogP contribution in [0.25, 0.3) is 0 Å². The summed E-state index contributed by atoms with van der Waals surface area (Å²) in [4.78, 5) is 31.2. The van der Waals surface area contributed by atoms with Gasteiger partial charge in [0.15, 0.2) is 0 Å². The van der Waals surface area contributed by atoms with E-state index in [-0.39, 0.29) is 17.9 Å². The Bertz CT molecular complexity index is 596. The first-order valence-electron chi connectivity index (χ1n) is 9.19. The molecule has 0 radical (unpaired) electrons. The largest absolute Gasteiger partial charge is 0.348 e. The minimum absolute atomic E-state index is 0.00988. The molecule has 1 aromatic rings. The van der Waals surface area contributed by atoms with Gasteiger partial charge >= 0.3 is 0 Å². The van der Waals surface area contributed by atoms with E-state index in [2.05, 4.69) is 17.2 Å². The highest BCUT2D eigenvalue weighted by molar-refractivity contribution is 5.98. The van der Waals surface area contributed by atoms with Crippen molar-refractivity contribution in [3.05, 3.63) is 29.6 Å². The van der Waals surface area contributed by atoms with Crippen LogP contribution in [0.2, 0.25) is 0 Å². The number of carbonyl (C=O) groups excluding carboxylic acids is 2. The Hall–Kier alpha value is -1.91. The Kier molecular flexibility index (Phi) is 5.48. The molecule has 1 aliphatic carbocycles. The summed E-state index contributed by atoms with van der Waals surface area (Å²) in [6.07, 6.45) is 9.46. The fourth-order valence-electron chi connectivity index (χ4n) is 3.75. The van der Waals surface area contributed by atoms with Crippen molar-refractivity contribution in [2.24, 2.45) is 5.92 Å². The van der Waals surface area contributed by atoms with Crippen molar-refractivity contribution in [2.45, 2.75) is 57.9 Å². The molecule has 1 N–H and O–H groups in total. The van der Waals surface area contributed by atoms with E-state index in [0.29, 0.717) is 17.2 Å². The number of rotatable bonds is 3. The molecule has 0 spiro atoms. The van der Waals surface area contributed by atoms with Crippen molar-refractivity contribution < 1.29 is 9.59 Å². The highest BCUT2D eigenvalue weighted by Gasteiger charge is 2.23. The first-order valence-corrected chi connectivity index (χ1v) is 9.19. The zero-order chi connectivity index (χ0) is 16.9. The quantitative estimate of drug-likeness (QED) is 0.927. The summed E-state index contributed by atoms with van der Waals surface area (Å²) < 4.78 is 0. The van der Waals surface area contributed by atoms with Gasteiger partial charge in [-0.25, -0.2) is 0 Å². The van der Waals surface area contributed by atoms with Crippen LogP contribution in [0, 0.1) is 5.92 Å². The summed E-state index contributed by atoms with van der Waals surface area (Å²) in [5, 5.41) is 3.06. The molecule has 5 heteroatoms. The van der Waals surface area contributed by atoms with Crippen molar-refractivity contribution in [1.29, 1.82) is 0 Å². The molecule has 1 atom stereocenters. The molecule has 5 nitrogen and oxygen atoms in total. The molecule has 2 fully saturated rings. The average Bonchev–Trinajstić information content (AvgIpc) is 2.62. The van der Waals surface area contributed by atoms with E-state index in [9.17, 15) is 9.59 Å².